The number of hydrogen-bond donors (Lipinski definition) is 2. The number of methoxy groups -OCH3 is 1. The van der Waals surface area contributed by atoms with Gasteiger partial charge in [-0.25, -0.2) is 0 Å². The largest absolute Gasteiger partial charge is 0.504 e. The molecule has 0 amide bonds. The van der Waals surface area contributed by atoms with E-state index in [4.69, 9.17) is 10.5 Å². The maximum Gasteiger partial charge on any atom is 0.160 e. The lowest BCUT2D eigenvalue weighted by atomic mass is 10.0. The van der Waals surface area contributed by atoms with Gasteiger partial charge < -0.3 is 15.6 Å². The highest BCUT2D eigenvalue weighted by Crippen LogP contribution is 2.28. The lowest BCUT2D eigenvalue weighted by Crippen LogP contribution is -2.18. The number of carbonyl (C=O) groups is 1. The minimum Gasteiger partial charge on any atom is -0.504 e. The second kappa shape index (κ2) is 4.11. The number of aromatic hydroxyl groups is 1. The van der Waals surface area contributed by atoms with Crippen LogP contribution >= 0.6 is 0 Å². The SMILES string of the molecule is COc1ccc(C(N)C(C)=O)cc1O. The van der Waals surface area contributed by atoms with Gasteiger partial charge >= 0.3 is 0 Å². The van der Waals surface area contributed by atoms with E-state index in [1.165, 1.54) is 20.1 Å². The van der Waals surface area contributed by atoms with Crippen LogP contribution in [0.5, 0.6) is 11.5 Å². The Morgan fingerprint density at radius 1 is 1.57 bits per heavy atom. The van der Waals surface area contributed by atoms with Gasteiger partial charge in [-0.15, -0.1) is 0 Å². The first-order chi connectivity index (χ1) is 6.56. The molecule has 1 unspecified atom stereocenters. The first-order valence-electron chi connectivity index (χ1n) is 4.19. The maximum absolute atomic E-state index is 11.0. The number of carbonyl (C=O) groups excluding carboxylic acids is 1. The van der Waals surface area contributed by atoms with E-state index >= 15 is 0 Å². The molecule has 0 aromatic heterocycles. The average Bonchev–Trinajstić information content (AvgIpc) is 2.16. The Bertz CT molecular complexity index is 349. The molecule has 0 aliphatic carbocycles. The quantitative estimate of drug-likeness (QED) is 0.754. The van der Waals surface area contributed by atoms with Gasteiger partial charge in [0.05, 0.1) is 13.2 Å². The monoisotopic (exact) mass is 195 g/mol. The van der Waals surface area contributed by atoms with E-state index in [9.17, 15) is 9.90 Å². The van der Waals surface area contributed by atoms with Gasteiger partial charge in [-0.05, 0) is 24.6 Å². The molecule has 1 rings (SSSR count). The summed E-state index contributed by atoms with van der Waals surface area (Å²) in [5, 5.41) is 9.43. The predicted molar refractivity (Wildman–Crippen MR) is 52.3 cm³/mol. The van der Waals surface area contributed by atoms with Crippen molar-refractivity contribution in [2.24, 2.45) is 5.73 Å². The van der Waals surface area contributed by atoms with Gasteiger partial charge in [-0.2, -0.15) is 0 Å². The number of nitrogens with two attached hydrogens (primary N) is 1. The standard InChI is InChI=1S/C10H13NO3/c1-6(12)10(11)7-3-4-9(14-2)8(13)5-7/h3-5,10,13H,11H2,1-2H3. The number of rotatable bonds is 3. The van der Waals surface area contributed by atoms with E-state index in [-0.39, 0.29) is 11.5 Å². The molecular weight excluding hydrogens is 182 g/mol. The summed E-state index contributed by atoms with van der Waals surface area (Å²) < 4.78 is 4.86. The number of phenolic OH excluding ortho intramolecular Hbond substituents is 1. The van der Waals surface area contributed by atoms with Gasteiger partial charge in [0, 0.05) is 0 Å². The Morgan fingerprint density at radius 3 is 2.64 bits per heavy atom. The van der Waals surface area contributed by atoms with Crippen LogP contribution < -0.4 is 10.5 Å². The minimum absolute atomic E-state index is 0.0123. The van der Waals surface area contributed by atoms with Crippen LogP contribution in [0.1, 0.15) is 18.5 Å². The van der Waals surface area contributed by atoms with Crippen molar-refractivity contribution >= 4 is 5.78 Å². The third-order valence-corrected chi connectivity index (χ3v) is 2.00. The summed E-state index contributed by atoms with van der Waals surface area (Å²) in [4.78, 5) is 11.0. The van der Waals surface area contributed by atoms with Crippen LogP contribution in [0.4, 0.5) is 0 Å². The summed E-state index contributed by atoms with van der Waals surface area (Å²) in [5.41, 5.74) is 6.18. The van der Waals surface area contributed by atoms with E-state index < -0.39 is 6.04 Å². The van der Waals surface area contributed by atoms with Crippen molar-refractivity contribution in [3.63, 3.8) is 0 Å². The van der Waals surface area contributed by atoms with E-state index in [1.54, 1.807) is 12.1 Å². The molecule has 4 nitrogen and oxygen atoms in total. The van der Waals surface area contributed by atoms with E-state index in [0.717, 1.165) is 0 Å². The van der Waals surface area contributed by atoms with Gasteiger partial charge in [-0.1, -0.05) is 6.07 Å². The topological polar surface area (TPSA) is 72.5 Å². The number of hydrogen-bond acceptors (Lipinski definition) is 4. The molecule has 3 N–H and O–H groups in total. The third kappa shape index (κ3) is 2.03. The molecule has 0 aliphatic heterocycles. The highest BCUT2D eigenvalue weighted by atomic mass is 16.5. The van der Waals surface area contributed by atoms with Gasteiger partial charge in [0.15, 0.2) is 17.3 Å². The van der Waals surface area contributed by atoms with Crippen molar-refractivity contribution in [1.82, 2.24) is 0 Å². The van der Waals surface area contributed by atoms with Crippen molar-refractivity contribution in [3.05, 3.63) is 23.8 Å². The lowest BCUT2D eigenvalue weighted by Gasteiger charge is -2.10. The zero-order valence-corrected chi connectivity index (χ0v) is 8.15. The molecule has 1 aromatic carbocycles. The first-order valence-corrected chi connectivity index (χ1v) is 4.19. The lowest BCUT2D eigenvalue weighted by molar-refractivity contribution is -0.118. The summed E-state index contributed by atoms with van der Waals surface area (Å²) in [6, 6.07) is 3.98. The molecular formula is C10H13NO3. The molecule has 0 heterocycles. The molecule has 0 saturated carbocycles. The van der Waals surface area contributed by atoms with Crippen molar-refractivity contribution in [2.45, 2.75) is 13.0 Å². The summed E-state index contributed by atoms with van der Waals surface area (Å²) >= 11 is 0. The van der Waals surface area contributed by atoms with Crippen LogP contribution in [0.3, 0.4) is 0 Å². The fourth-order valence-corrected chi connectivity index (χ4v) is 1.14. The Labute approximate surface area is 82.3 Å². The smallest absolute Gasteiger partial charge is 0.160 e. The summed E-state index contributed by atoms with van der Waals surface area (Å²) in [5.74, 6) is 0.209. The second-order valence-electron chi connectivity index (χ2n) is 3.02. The number of ketones is 1. The highest BCUT2D eigenvalue weighted by molar-refractivity contribution is 5.82. The maximum atomic E-state index is 11.0. The average molecular weight is 195 g/mol. The second-order valence-corrected chi connectivity index (χ2v) is 3.02. The van der Waals surface area contributed by atoms with Crippen molar-refractivity contribution in [1.29, 1.82) is 0 Å². The van der Waals surface area contributed by atoms with Gasteiger partial charge in [0.1, 0.15) is 0 Å². The zero-order chi connectivity index (χ0) is 10.7. The first kappa shape index (κ1) is 10.5. The zero-order valence-electron chi connectivity index (χ0n) is 8.15. The third-order valence-electron chi connectivity index (χ3n) is 2.00. The van der Waals surface area contributed by atoms with Crippen molar-refractivity contribution < 1.29 is 14.6 Å². The van der Waals surface area contributed by atoms with E-state index in [2.05, 4.69) is 0 Å². The molecule has 0 spiro atoms. The fourth-order valence-electron chi connectivity index (χ4n) is 1.14. The van der Waals surface area contributed by atoms with Crippen LogP contribution in [0.2, 0.25) is 0 Å². The Morgan fingerprint density at radius 2 is 2.21 bits per heavy atom. The van der Waals surface area contributed by atoms with Crippen LogP contribution in [0, 0.1) is 0 Å². The molecule has 0 fully saturated rings. The summed E-state index contributed by atoms with van der Waals surface area (Å²) in [7, 11) is 1.46. The molecule has 76 valence electrons. The molecule has 0 bridgehead atoms. The molecule has 4 heteroatoms. The minimum atomic E-state index is -0.688. The number of phenols is 1. The molecule has 0 aliphatic rings. The number of Topliss-reactive ketones (excluding diaryl/α,β-unsaturated/α-hetero) is 1. The molecule has 1 atom stereocenters. The van der Waals surface area contributed by atoms with Gasteiger partial charge in [0.25, 0.3) is 0 Å². The fraction of sp³-hybridized carbons (Fsp3) is 0.300. The molecule has 0 radical (unpaired) electrons. The molecule has 1 aromatic rings. The van der Waals surface area contributed by atoms with E-state index in [1.807, 2.05) is 0 Å². The normalized spacial score (nSPS) is 12.2. The summed E-state index contributed by atoms with van der Waals surface area (Å²) in [6.45, 7) is 1.41. The Kier molecular flexibility index (Phi) is 3.09. The molecule has 0 saturated heterocycles. The Hall–Kier alpha value is -1.55. The van der Waals surface area contributed by atoms with Crippen molar-refractivity contribution in [3.8, 4) is 11.5 Å². The van der Waals surface area contributed by atoms with Crippen molar-refractivity contribution in [2.75, 3.05) is 7.11 Å². The van der Waals surface area contributed by atoms with Crippen LogP contribution in [0.25, 0.3) is 0 Å². The van der Waals surface area contributed by atoms with Gasteiger partial charge in [0.2, 0.25) is 0 Å². The molecule has 14 heavy (non-hydrogen) atoms. The van der Waals surface area contributed by atoms with Crippen LogP contribution in [0.15, 0.2) is 18.2 Å². The van der Waals surface area contributed by atoms with Gasteiger partial charge in [-0.3, -0.25) is 4.79 Å². The predicted octanol–water partition coefficient (Wildman–Crippen LogP) is 0.990. The highest BCUT2D eigenvalue weighted by Gasteiger charge is 2.12. The van der Waals surface area contributed by atoms with E-state index in [0.29, 0.717) is 11.3 Å². The van der Waals surface area contributed by atoms with Crippen LogP contribution in [-0.4, -0.2) is 18.0 Å². The number of ether oxygens (including phenoxy) is 1. The number of benzene rings is 1. The van der Waals surface area contributed by atoms with Crippen LogP contribution in [-0.2, 0) is 4.79 Å². The Balaban J connectivity index is 3.02. The summed E-state index contributed by atoms with van der Waals surface area (Å²) in [6.07, 6.45) is 0.